The second-order valence-corrected chi connectivity index (χ2v) is 5.79. The maximum Gasteiger partial charge on any atom is 0.315 e. The van der Waals surface area contributed by atoms with Crippen molar-refractivity contribution >= 4 is 6.03 Å². The first-order chi connectivity index (χ1) is 11.0. The Labute approximate surface area is 136 Å². The Balaban J connectivity index is 1.74. The quantitative estimate of drug-likeness (QED) is 0.801. The maximum absolute atomic E-state index is 11.8. The zero-order chi connectivity index (χ0) is 16.7. The minimum absolute atomic E-state index is 0.148. The number of carbonyl (C=O) groups is 1. The number of benzene rings is 1. The molecule has 0 spiro atoms. The van der Waals surface area contributed by atoms with Crippen molar-refractivity contribution in [2.45, 2.75) is 26.1 Å². The third kappa shape index (κ3) is 5.71. The Kier molecular flexibility index (Phi) is 6.10. The van der Waals surface area contributed by atoms with Crippen LogP contribution in [0.4, 0.5) is 4.79 Å². The molecule has 7 heteroatoms. The summed E-state index contributed by atoms with van der Waals surface area (Å²) in [6.45, 7) is 3.88. The predicted octanol–water partition coefficient (Wildman–Crippen LogP) is 1.08. The molecule has 0 aliphatic carbocycles. The van der Waals surface area contributed by atoms with Gasteiger partial charge in [0.15, 0.2) is 0 Å². The molecular formula is C16H24N6O. The molecule has 0 radical (unpaired) electrons. The number of nitrogens with zero attached hydrogens (tertiary/aromatic N) is 4. The lowest BCUT2D eigenvalue weighted by atomic mass is 10.1. The zero-order valence-electron chi connectivity index (χ0n) is 13.9. The lowest BCUT2D eigenvalue weighted by Gasteiger charge is -2.20. The van der Waals surface area contributed by atoms with E-state index in [-0.39, 0.29) is 6.03 Å². The van der Waals surface area contributed by atoms with Crippen LogP contribution in [-0.4, -0.2) is 52.4 Å². The molecule has 1 atom stereocenters. The highest BCUT2D eigenvalue weighted by Crippen LogP contribution is 2.05. The van der Waals surface area contributed by atoms with E-state index in [2.05, 4.69) is 32.5 Å². The van der Waals surface area contributed by atoms with Gasteiger partial charge < -0.3 is 15.5 Å². The fraction of sp³-hybridized carbons (Fsp3) is 0.438. The van der Waals surface area contributed by atoms with E-state index in [1.807, 2.05) is 38.4 Å². The fourth-order valence-electron chi connectivity index (χ4n) is 1.93. The minimum atomic E-state index is -0.148. The van der Waals surface area contributed by atoms with E-state index in [9.17, 15) is 4.79 Å². The highest BCUT2D eigenvalue weighted by Gasteiger charge is 2.06. The zero-order valence-corrected chi connectivity index (χ0v) is 13.9. The molecule has 0 saturated carbocycles. The molecular weight excluding hydrogens is 292 g/mol. The van der Waals surface area contributed by atoms with Gasteiger partial charge in [-0.15, -0.1) is 0 Å². The van der Waals surface area contributed by atoms with Gasteiger partial charge in [0.25, 0.3) is 0 Å². The predicted molar refractivity (Wildman–Crippen MR) is 89.0 cm³/mol. The summed E-state index contributed by atoms with van der Waals surface area (Å²) in [5, 5.41) is 9.80. The Bertz CT molecular complexity index is 594. The fourth-order valence-corrected chi connectivity index (χ4v) is 1.93. The average molecular weight is 316 g/mol. The Morgan fingerprint density at radius 3 is 2.52 bits per heavy atom. The SMILES string of the molecule is C[C@@H](CNC(=O)NCc1ccc(Cn2cncn2)cc1)N(C)C. The topological polar surface area (TPSA) is 75.1 Å². The van der Waals surface area contributed by atoms with E-state index < -0.39 is 0 Å². The van der Waals surface area contributed by atoms with E-state index in [1.165, 1.54) is 6.33 Å². The average Bonchev–Trinajstić information content (AvgIpc) is 3.04. The van der Waals surface area contributed by atoms with Gasteiger partial charge in [0.2, 0.25) is 0 Å². The van der Waals surface area contributed by atoms with E-state index in [0.717, 1.165) is 11.1 Å². The number of carbonyl (C=O) groups excluding carboxylic acids is 1. The van der Waals surface area contributed by atoms with E-state index in [0.29, 0.717) is 25.7 Å². The van der Waals surface area contributed by atoms with Crippen LogP contribution in [0, 0.1) is 0 Å². The molecule has 1 aromatic carbocycles. The summed E-state index contributed by atoms with van der Waals surface area (Å²) in [6, 6.07) is 8.24. The molecule has 0 saturated heterocycles. The van der Waals surface area contributed by atoms with Gasteiger partial charge in [0.1, 0.15) is 12.7 Å². The van der Waals surface area contributed by atoms with Crippen LogP contribution < -0.4 is 10.6 Å². The Morgan fingerprint density at radius 2 is 1.91 bits per heavy atom. The van der Waals surface area contributed by atoms with Gasteiger partial charge in [0.05, 0.1) is 6.54 Å². The van der Waals surface area contributed by atoms with Crippen LogP contribution in [0.3, 0.4) is 0 Å². The summed E-state index contributed by atoms with van der Waals surface area (Å²) >= 11 is 0. The molecule has 124 valence electrons. The molecule has 0 unspecified atom stereocenters. The van der Waals surface area contributed by atoms with E-state index in [1.54, 1.807) is 11.0 Å². The lowest BCUT2D eigenvalue weighted by molar-refractivity contribution is 0.234. The number of urea groups is 1. The molecule has 0 fully saturated rings. The molecule has 7 nitrogen and oxygen atoms in total. The number of amides is 2. The van der Waals surface area contributed by atoms with Crippen molar-refractivity contribution in [3.8, 4) is 0 Å². The number of hydrogen-bond donors (Lipinski definition) is 2. The van der Waals surface area contributed by atoms with Crippen LogP contribution in [0.5, 0.6) is 0 Å². The number of aromatic nitrogens is 3. The smallest absolute Gasteiger partial charge is 0.315 e. The minimum Gasteiger partial charge on any atom is -0.337 e. The number of hydrogen-bond acceptors (Lipinski definition) is 4. The van der Waals surface area contributed by atoms with Crippen LogP contribution in [0.1, 0.15) is 18.1 Å². The molecule has 0 bridgehead atoms. The van der Waals surface area contributed by atoms with Crippen LogP contribution in [-0.2, 0) is 13.1 Å². The van der Waals surface area contributed by atoms with Crippen molar-refractivity contribution in [3.05, 3.63) is 48.0 Å². The molecule has 2 rings (SSSR count). The summed E-state index contributed by atoms with van der Waals surface area (Å²) in [7, 11) is 3.98. The molecule has 0 aliphatic heterocycles. The number of nitrogens with one attached hydrogen (secondary N) is 2. The molecule has 23 heavy (non-hydrogen) atoms. The van der Waals surface area contributed by atoms with Gasteiger partial charge in [-0.2, -0.15) is 5.10 Å². The Morgan fingerprint density at radius 1 is 1.22 bits per heavy atom. The van der Waals surface area contributed by atoms with Crippen molar-refractivity contribution < 1.29 is 4.79 Å². The highest BCUT2D eigenvalue weighted by molar-refractivity contribution is 5.73. The first kappa shape index (κ1) is 17.0. The molecule has 0 aliphatic rings. The van der Waals surface area contributed by atoms with Crippen molar-refractivity contribution in [1.29, 1.82) is 0 Å². The van der Waals surface area contributed by atoms with Gasteiger partial charge in [0, 0.05) is 19.1 Å². The standard InChI is InChI=1S/C16H24N6O/c1-13(21(2)3)8-18-16(23)19-9-14-4-6-15(7-5-14)10-22-12-17-11-20-22/h4-7,11-13H,8-10H2,1-3H3,(H2,18,19,23)/t13-/m0/s1. The summed E-state index contributed by atoms with van der Waals surface area (Å²) in [5.41, 5.74) is 2.20. The molecule has 1 aromatic heterocycles. The Hall–Kier alpha value is -2.41. The normalized spacial score (nSPS) is 12.2. The summed E-state index contributed by atoms with van der Waals surface area (Å²) < 4.78 is 1.77. The van der Waals surface area contributed by atoms with Gasteiger partial charge in [-0.1, -0.05) is 24.3 Å². The second-order valence-electron chi connectivity index (χ2n) is 5.79. The molecule has 2 N–H and O–H groups in total. The van der Waals surface area contributed by atoms with Crippen LogP contribution in [0.15, 0.2) is 36.9 Å². The van der Waals surface area contributed by atoms with Crippen LogP contribution in [0.2, 0.25) is 0 Å². The van der Waals surface area contributed by atoms with Gasteiger partial charge in [-0.05, 0) is 32.1 Å². The van der Waals surface area contributed by atoms with Crippen molar-refractivity contribution in [3.63, 3.8) is 0 Å². The third-order valence-electron chi connectivity index (χ3n) is 3.73. The second kappa shape index (κ2) is 8.28. The summed E-state index contributed by atoms with van der Waals surface area (Å²) in [6.07, 6.45) is 3.21. The summed E-state index contributed by atoms with van der Waals surface area (Å²) in [5.74, 6) is 0. The third-order valence-corrected chi connectivity index (χ3v) is 3.73. The lowest BCUT2D eigenvalue weighted by Crippen LogP contribution is -2.42. The number of rotatable bonds is 7. The monoisotopic (exact) mass is 316 g/mol. The van der Waals surface area contributed by atoms with Crippen molar-refractivity contribution in [2.75, 3.05) is 20.6 Å². The van der Waals surface area contributed by atoms with E-state index in [4.69, 9.17) is 0 Å². The van der Waals surface area contributed by atoms with Gasteiger partial charge in [-0.3, -0.25) is 0 Å². The van der Waals surface area contributed by atoms with Crippen molar-refractivity contribution in [2.24, 2.45) is 0 Å². The largest absolute Gasteiger partial charge is 0.337 e. The van der Waals surface area contributed by atoms with Crippen molar-refractivity contribution in [1.82, 2.24) is 30.3 Å². The van der Waals surface area contributed by atoms with Crippen LogP contribution in [0.25, 0.3) is 0 Å². The highest BCUT2D eigenvalue weighted by atomic mass is 16.2. The van der Waals surface area contributed by atoms with E-state index >= 15 is 0 Å². The molecule has 1 heterocycles. The van der Waals surface area contributed by atoms with Gasteiger partial charge >= 0.3 is 6.03 Å². The van der Waals surface area contributed by atoms with Crippen LogP contribution >= 0.6 is 0 Å². The first-order valence-corrected chi connectivity index (χ1v) is 7.63. The number of likely N-dealkylation sites (N-methyl/N-ethyl adjacent to an activating group) is 1. The maximum atomic E-state index is 11.8. The first-order valence-electron chi connectivity index (χ1n) is 7.63. The molecule has 2 aromatic rings. The van der Waals surface area contributed by atoms with Gasteiger partial charge in [-0.25, -0.2) is 14.5 Å². The molecule has 2 amide bonds. The summed E-state index contributed by atoms with van der Waals surface area (Å²) in [4.78, 5) is 17.7.